The Morgan fingerprint density at radius 3 is 2.47 bits per heavy atom. The first-order valence-electron chi connectivity index (χ1n) is 11.5. The minimum atomic E-state index is -0.688. The first kappa shape index (κ1) is 21.7. The first-order chi connectivity index (χ1) is 16.5. The van der Waals surface area contributed by atoms with Crippen LogP contribution >= 0.6 is 0 Å². The van der Waals surface area contributed by atoms with Crippen LogP contribution in [0.1, 0.15) is 25.3 Å². The second-order valence-corrected chi connectivity index (χ2v) is 8.49. The number of aryl methyl sites for hydroxylation is 1. The molecule has 1 saturated heterocycles. The van der Waals surface area contributed by atoms with Crippen molar-refractivity contribution >= 4 is 45.3 Å². The smallest absolute Gasteiger partial charge is 0.325 e. The van der Waals surface area contributed by atoms with Gasteiger partial charge in [0.15, 0.2) is 0 Å². The summed E-state index contributed by atoms with van der Waals surface area (Å²) in [7, 11) is 0. The van der Waals surface area contributed by atoms with E-state index in [0.29, 0.717) is 5.69 Å². The molecule has 34 heavy (non-hydrogen) atoms. The normalized spacial score (nSPS) is 15.8. The van der Waals surface area contributed by atoms with E-state index in [1.54, 1.807) is 0 Å². The minimum Gasteiger partial charge on any atom is -0.341 e. The molecule has 1 aliphatic rings. The fourth-order valence-corrected chi connectivity index (χ4v) is 4.66. The summed E-state index contributed by atoms with van der Waals surface area (Å²) in [4.78, 5) is 38.8. The van der Waals surface area contributed by atoms with Gasteiger partial charge < -0.3 is 15.2 Å². The number of carbonyl (C=O) groups is 3. The maximum Gasteiger partial charge on any atom is 0.325 e. The summed E-state index contributed by atoms with van der Waals surface area (Å²) in [5.41, 5.74) is 3.88. The molecule has 2 N–H and O–H groups in total. The summed E-state index contributed by atoms with van der Waals surface area (Å²) in [5, 5.41) is 7.88. The maximum atomic E-state index is 12.7. The number of carbonyl (C=O) groups excluding carboxylic acids is 3. The number of nitrogens with zero attached hydrogens (tertiary/aromatic N) is 2. The van der Waals surface area contributed by atoms with Crippen LogP contribution in [-0.2, 0) is 22.7 Å². The summed E-state index contributed by atoms with van der Waals surface area (Å²) in [6.45, 7) is 3.20. The van der Waals surface area contributed by atoms with Gasteiger partial charge in [0, 0.05) is 40.5 Å². The lowest BCUT2D eigenvalue weighted by molar-refractivity contribution is -0.128. The Morgan fingerprint density at radius 2 is 1.68 bits per heavy atom. The first-order valence-corrected chi connectivity index (χ1v) is 11.5. The second-order valence-electron chi connectivity index (χ2n) is 8.49. The number of benzene rings is 3. The highest BCUT2D eigenvalue weighted by atomic mass is 16.2. The van der Waals surface area contributed by atoms with Crippen LogP contribution in [0.15, 0.2) is 72.8 Å². The summed E-state index contributed by atoms with van der Waals surface area (Å²) >= 11 is 0. The van der Waals surface area contributed by atoms with Crippen molar-refractivity contribution in [2.45, 2.75) is 38.9 Å². The molecule has 3 aromatic carbocycles. The predicted octanol–water partition coefficient (Wildman–Crippen LogP) is 4.65. The number of nitrogens with one attached hydrogen (secondary N) is 2. The van der Waals surface area contributed by atoms with E-state index in [9.17, 15) is 14.4 Å². The lowest BCUT2D eigenvalue weighted by Crippen LogP contribution is -2.31. The molecule has 1 atom stereocenters. The van der Waals surface area contributed by atoms with Crippen LogP contribution in [0.2, 0.25) is 0 Å². The number of hydrogen-bond donors (Lipinski definition) is 2. The van der Waals surface area contributed by atoms with E-state index in [-0.39, 0.29) is 31.2 Å². The molecule has 0 radical (unpaired) electrons. The number of anilines is 1. The molecule has 172 valence electrons. The van der Waals surface area contributed by atoms with Gasteiger partial charge in [0.2, 0.25) is 5.91 Å². The van der Waals surface area contributed by atoms with Crippen LogP contribution in [0.25, 0.3) is 21.8 Å². The van der Waals surface area contributed by atoms with Crippen LogP contribution in [-0.4, -0.2) is 33.4 Å². The Morgan fingerprint density at radius 1 is 0.941 bits per heavy atom. The average molecular weight is 455 g/mol. The third-order valence-corrected chi connectivity index (χ3v) is 6.32. The summed E-state index contributed by atoms with van der Waals surface area (Å²) in [6.07, 6.45) is 0.379. The number of imide groups is 1. The van der Waals surface area contributed by atoms with Gasteiger partial charge in [0.1, 0.15) is 6.04 Å². The van der Waals surface area contributed by atoms with Crippen molar-refractivity contribution in [3.63, 3.8) is 0 Å². The molecule has 5 rings (SSSR count). The number of aromatic nitrogens is 1. The van der Waals surface area contributed by atoms with Crippen molar-refractivity contribution in [1.29, 1.82) is 0 Å². The topological polar surface area (TPSA) is 83.4 Å². The summed E-state index contributed by atoms with van der Waals surface area (Å²) in [5.74, 6) is -0.488. The highest BCUT2D eigenvalue weighted by Crippen LogP contribution is 2.31. The molecule has 1 unspecified atom stereocenters. The third kappa shape index (κ3) is 4.01. The SMILES string of the molecule is CCn1c2ccccc2c2cc(NC(=O)CCC3NC(=O)N(Cc4ccccc4)C3=O)ccc21. The number of rotatable bonds is 7. The average Bonchev–Trinajstić information content (AvgIpc) is 3.31. The summed E-state index contributed by atoms with van der Waals surface area (Å²) in [6, 6.07) is 22.4. The highest BCUT2D eigenvalue weighted by Gasteiger charge is 2.37. The standard InChI is InChI=1S/C27H26N4O3/c1-2-30-23-11-7-6-10-20(23)21-16-19(12-14-24(21)30)28-25(32)15-13-22-26(33)31(27(34)29-22)17-18-8-4-3-5-9-18/h3-12,14,16,22H,2,13,15,17H2,1H3,(H,28,32)(H,29,34). The Labute approximate surface area is 197 Å². The minimum absolute atomic E-state index is 0.130. The molecule has 0 aliphatic carbocycles. The lowest BCUT2D eigenvalue weighted by atomic mass is 10.1. The fourth-order valence-electron chi connectivity index (χ4n) is 4.66. The van der Waals surface area contributed by atoms with Crippen LogP contribution in [0, 0.1) is 0 Å². The van der Waals surface area contributed by atoms with E-state index in [1.165, 1.54) is 10.4 Å². The van der Waals surface area contributed by atoms with Gasteiger partial charge in [-0.15, -0.1) is 0 Å². The molecular formula is C27H26N4O3. The lowest BCUT2D eigenvalue weighted by Gasteiger charge is -2.13. The molecule has 7 nitrogen and oxygen atoms in total. The molecule has 1 fully saturated rings. The van der Waals surface area contributed by atoms with Gasteiger partial charge in [0.25, 0.3) is 5.91 Å². The van der Waals surface area contributed by atoms with Gasteiger partial charge in [0.05, 0.1) is 6.54 Å². The molecule has 4 aromatic rings. The van der Waals surface area contributed by atoms with Crippen molar-refractivity contribution < 1.29 is 14.4 Å². The van der Waals surface area contributed by atoms with E-state index in [2.05, 4.69) is 34.3 Å². The number of urea groups is 1. The molecular weight excluding hydrogens is 428 g/mol. The zero-order valence-corrected chi connectivity index (χ0v) is 19.0. The van der Waals surface area contributed by atoms with E-state index < -0.39 is 12.1 Å². The molecule has 1 aliphatic heterocycles. The monoisotopic (exact) mass is 454 g/mol. The Bertz CT molecular complexity index is 1390. The third-order valence-electron chi connectivity index (χ3n) is 6.32. The largest absolute Gasteiger partial charge is 0.341 e. The van der Waals surface area contributed by atoms with Crippen LogP contribution in [0.4, 0.5) is 10.5 Å². The second kappa shape index (κ2) is 9.02. The van der Waals surface area contributed by atoms with Crippen molar-refractivity contribution in [1.82, 2.24) is 14.8 Å². The Balaban J connectivity index is 1.24. The molecule has 1 aromatic heterocycles. The Hall–Kier alpha value is -4.13. The number of para-hydroxylation sites is 1. The van der Waals surface area contributed by atoms with Crippen LogP contribution in [0.3, 0.4) is 0 Å². The van der Waals surface area contributed by atoms with Crippen LogP contribution in [0.5, 0.6) is 0 Å². The van der Waals surface area contributed by atoms with Crippen LogP contribution < -0.4 is 10.6 Å². The fraction of sp³-hybridized carbons (Fsp3) is 0.222. The maximum absolute atomic E-state index is 12.7. The number of fused-ring (bicyclic) bond motifs is 3. The zero-order chi connectivity index (χ0) is 23.7. The molecule has 7 heteroatoms. The van der Waals surface area contributed by atoms with Gasteiger partial charge in [-0.05, 0) is 43.2 Å². The van der Waals surface area contributed by atoms with Crippen molar-refractivity contribution in [3.05, 3.63) is 78.4 Å². The van der Waals surface area contributed by atoms with E-state index in [0.717, 1.165) is 28.4 Å². The van der Waals surface area contributed by atoms with Gasteiger partial charge in [-0.1, -0.05) is 48.5 Å². The molecule has 2 heterocycles. The predicted molar refractivity (Wildman–Crippen MR) is 132 cm³/mol. The van der Waals surface area contributed by atoms with Gasteiger partial charge in [-0.3, -0.25) is 14.5 Å². The zero-order valence-electron chi connectivity index (χ0n) is 19.0. The van der Waals surface area contributed by atoms with Gasteiger partial charge in [-0.25, -0.2) is 4.79 Å². The Kier molecular flexibility index (Phi) is 5.76. The molecule has 4 amide bonds. The molecule has 0 saturated carbocycles. The molecule has 0 spiro atoms. The quantitative estimate of drug-likeness (QED) is 0.399. The highest BCUT2D eigenvalue weighted by molar-refractivity contribution is 6.10. The number of hydrogen-bond acceptors (Lipinski definition) is 3. The van der Waals surface area contributed by atoms with Gasteiger partial charge >= 0.3 is 6.03 Å². The van der Waals surface area contributed by atoms with E-state index in [4.69, 9.17) is 0 Å². The summed E-state index contributed by atoms with van der Waals surface area (Å²) < 4.78 is 2.26. The van der Waals surface area contributed by atoms with Crippen molar-refractivity contribution in [2.75, 3.05) is 5.32 Å². The van der Waals surface area contributed by atoms with E-state index >= 15 is 0 Å². The van der Waals surface area contributed by atoms with Gasteiger partial charge in [-0.2, -0.15) is 0 Å². The van der Waals surface area contributed by atoms with Crippen molar-refractivity contribution in [2.24, 2.45) is 0 Å². The van der Waals surface area contributed by atoms with E-state index in [1.807, 2.05) is 60.7 Å². The number of amides is 4. The van der Waals surface area contributed by atoms with Crippen molar-refractivity contribution in [3.8, 4) is 0 Å². The molecule has 0 bridgehead atoms.